The fourth-order valence-corrected chi connectivity index (χ4v) is 5.20. The number of nitrogens with two attached hydrogens (primary N) is 2. The van der Waals surface area contributed by atoms with Gasteiger partial charge in [0.15, 0.2) is 5.96 Å². The average Bonchev–Trinajstić information content (AvgIpc) is 3.40. The number of ether oxygens (including phenoxy) is 1. The number of hydrogen-bond donors (Lipinski definition) is 6. The molecule has 0 fully saturated rings. The molecule has 0 bridgehead atoms. The van der Waals surface area contributed by atoms with Gasteiger partial charge in [-0.2, -0.15) is 18.2 Å². The summed E-state index contributed by atoms with van der Waals surface area (Å²) < 4.78 is 48.0. The van der Waals surface area contributed by atoms with Crippen molar-refractivity contribution in [3.63, 3.8) is 0 Å². The van der Waals surface area contributed by atoms with Crippen LogP contribution in [0, 0.1) is 5.41 Å². The van der Waals surface area contributed by atoms with E-state index < -0.39 is 17.4 Å². The van der Waals surface area contributed by atoms with Crippen molar-refractivity contribution in [2.24, 2.45) is 11.5 Å². The second kappa shape index (κ2) is 15.2. The molecule has 0 unspecified atom stereocenters. The van der Waals surface area contributed by atoms with Crippen LogP contribution in [0.3, 0.4) is 0 Å². The molecule has 0 amide bonds. The number of hydrogen-bond acceptors (Lipinski definition) is 6. The molecule has 4 rings (SSSR count). The Labute approximate surface area is 259 Å². The summed E-state index contributed by atoms with van der Waals surface area (Å²) in [7, 11) is 1.65. The van der Waals surface area contributed by atoms with Crippen LogP contribution in [0.4, 0.5) is 13.2 Å². The van der Waals surface area contributed by atoms with Gasteiger partial charge in [-0.15, -0.1) is 0 Å². The Morgan fingerprint density at radius 3 is 2.53 bits per heavy atom. The summed E-state index contributed by atoms with van der Waals surface area (Å²) in [6.45, 7) is 3.71. The number of aromatic amines is 1. The van der Waals surface area contributed by atoms with Gasteiger partial charge in [0.1, 0.15) is 5.65 Å². The molecule has 0 aliphatic rings. The number of methoxy groups -OCH3 is 1. The van der Waals surface area contributed by atoms with Gasteiger partial charge in [0, 0.05) is 49.6 Å². The molecule has 0 aliphatic heterocycles. The number of guanidine groups is 1. The van der Waals surface area contributed by atoms with Crippen molar-refractivity contribution in [1.82, 2.24) is 25.2 Å². The molecule has 0 radical (unpaired) electrons. The van der Waals surface area contributed by atoms with Gasteiger partial charge in [0.2, 0.25) is 0 Å². The van der Waals surface area contributed by atoms with Crippen LogP contribution < -0.4 is 27.8 Å². The molecular weight excluding hydrogens is 585 g/mol. The van der Waals surface area contributed by atoms with E-state index in [2.05, 4.69) is 20.6 Å². The van der Waals surface area contributed by atoms with E-state index in [1.54, 1.807) is 25.4 Å². The maximum absolute atomic E-state index is 13.8. The van der Waals surface area contributed by atoms with E-state index in [1.165, 1.54) is 10.6 Å². The molecule has 4 aromatic rings. The number of H-pyrrole nitrogens is 1. The van der Waals surface area contributed by atoms with E-state index in [9.17, 15) is 18.0 Å². The Hall–Kier alpha value is -4.20. The third-order valence-electron chi connectivity index (χ3n) is 7.51. The zero-order chi connectivity index (χ0) is 32.6. The molecule has 0 saturated heterocycles. The van der Waals surface area contributed by atoms with Crippen molar-refractivity contribution in [3.05, 3.63) is 81.9 Å². The summed E-state index contributed by atoms with van der Waals surface area (Å²) in [6.07, 6.45) is 0.496. The Bertz CT molecular complexity index is 1630. The maximum atomic E-state index is 13.8. The first-order valence-corrected chi connectivity index (χ1v) is 14.9. The van der Waals surface area contributed by atoms with Crippen LogP contribution >= 0.6 is 0 Å². The van der Waals surface area contributed by atoms with Crippen LogP contribution in [-0.4, -0.2) is 53.3 Å². The smallest absolute Gasteiger partial charge is 0.385 e. The van der Waals surface area contributed by atoms with Crippen LogP contribution in [0.2, 0.25) is 0 Å². The van der Waals surface area contributed by atoms with E-state index in [0.29, 0.717) is 72.5 Å². The molecule has 13 heteroatoms. The SMILES string of the molecule is COCC[C@H](NCCCNC(=N)N)c1ccc(-n2cc3cc(-c4cc(CCC[C@H](C)N)cc(C(F)(F)F)c4)[nH]c3nc2=O)cc1. The highest BCUT2D eigenvalue weighted by Crippen LogP contribution is 2.34. The van der Waals surface area contributed by atoms with Crippen LogP contribution in [0.5, 0.6) is 0 Å². The van der Waals surface area contributed by atoms with E-state index >= 15 is 0 Å². The molecule has 0 aliphatic carbocycles. The van der Waals surface area contributed by atoms with Gasteiger partial charge in [-0.05, 0) is 98.7 Å². The first kappa shape index (κ1) is 33.7. The van der Waals surface area contributed by atoms with Crippen molar-refractivity contribution in [3.8, 4) is 16.9 Å². The van der Waals surface area contributed by atoms with Gasteiger partial charge in [-0.25, -0.2) is 4.79 Å². The molecule has 2 atom stereocenters. The first-order valence-electron chi connectivity index (χ1n) is 14.9. The number of rotatable bonds is 15. The van der Waals surface area contributed by atoms with Crippen LogP contribution in [0.25, 0.3) is 28.0 Å². The lowest BCUT2D eigenvalue weighted by Gasteiger charge is -2.19. The van der Waals surface area contributed by atoms with Gasteiger partial charge in [-0.3, -0.25) is 9.98 Å². The van der Waals surface area contributed by atoms with Crippen LogP contribution in [0.15, 0.2) is 59.5 Å². The van der Waals surface area contributed by atoms with Crippen LogP contribution in [0.1, 0.15) is 55.3 Å². The minimum atomic E-state index is -4.50. The number of halogens is 3. The molecule has 242 valence electrons. The molecule has 8 N–H and O–H groups in total. The zero-order valence-corrected chi connectivity index (χ0v) is 25.5. The lowest BCUT2D eigenvalue weighted by Crippen LogP contribution is -2.33. The molecule has 2 aromatic heterocycles. The number of nitrogens with one attached hydrogen (secondary N) is 4. The van der Waals surface area contributed by atoms with E-state index in [-0.39, 0.29) is 18.0 Å². The topological polar surface area (TPSA) is 160 Å². The van der Waals surface area contributed by atoms with Gasteiger partial charge in [0.05, 0.1) is 11.3 Å². The molecule has 10 nitrogen and oxygen atoms in total. The minimum absolute atomic E-state index is 0.0111. The van der Waals surface area contributed by atoms with Crippen LogP contribution in [-0.2, 0) is 17.3 Å². The van der Waals surface area contributed by atoms with Gasteiger partial charge in [0.25, 0.3) is 0 Å². The lowest BCUT2D eigenvalue weighted by atomic mass is 9.99. The Morgan fingerprint density at radius 1 is 1.11 bits per heavy atom. The monoisotopic (exact) mass is 626 g/mol. The predicted octanol–water partition coefficient (Wildman–Crippen LogP) is 4.61. The molecule has 2 heterocycles. The number of alkyl halides is 3. The lowest BCUT2D eigenvalue weighted by molar-refractivity contribution is -0.137. The van der Waals surface area contributed by atoms with Crippen molar-refractivity contribution < 1.29 is 17.9 Å². The largest absolute Gasteiger partial charge is 0.416 e. The van der Waals surface area contributed by atoms with Gasteiger partial charge in [-0.1, -0.05) is 12.1 Å². The van der Waals surface area contributed by atoms with Crippen molar-refractivity contribution in [2.75, 3.05) is 26.8 Å². The third kappa shape index (κ3) is 9.40. The molecule has 0 saturated carbocycles. The maximum Gasteiger partial charge on any atom is 0.416 e. The molecular formula is C32H41F3N8O2. The van der Waals surface area contributed by atoms with Crippen molar-refractivity contribution in [2.45, 2.75) is 57.3 Å². The Balaban J connectivity index is 1.58. The van der Waals surface area contributed by atoms with Crippen molar-refractivity contribution >= 4 is 17.0 Å². The number of aromatic nitrogens is 3. The van der Waals surface area contributed by atoms with Gasteiger partial charge >= 0.3 is 11.9 Å². The number of fused-ring (bicyclic) bond motifs is 1. The number of aryl methyl sites for hydroxylation is 1. The summed E-state index contributed by atoms with van der Waals surface area (Å²) >= 11 is 0. The summed E-state index contributed by atoms with van der Waals surface area (Å²) in [5.74, 6) is -0.0612. The highest BCUT2D eigenvalue weighted by atomic mass is 19.4. The minimum Gasteiger partial charge on any atom is -0.385 e. The Kier molecular flexibility index (Phi) is 11.4. The summed E-state index contributed by atoms with van der Waals surface area (Å²) in [5.41, 5.74) is 13.2. The fourth-order valence-electron chi connectivity index (χ4n) is 5.20. The quantitative estimate of drug-likeness (QED) is 0.0639. The van der Waals surface area contributed by atoms with E-state index in [0.717, 1.165) is 24.5 Å². The van der Waals surface area contributed by atoms with Gasteiger partial charge < -0.3 is 31.8 Å². The number of benzene rings is 2. The highest BCUT2D eigenvalue weighted by molar-refractivity contribution is 5.82. The number of nitrogens with zero attached hydrogens (tertiary/aromatic N) is 2. The Morgan fingerprint density at radius 2 is 1.87 bits per heavy atom. The average molecular weight is 627 g/mol. The van der Waals surface area contributed by atoms with E-state index in [1.807, 2.05) is 31.2 Å². The second-order valence-electron chi connectivity index (χ2n) is 11.2. The predicted molar refractivity (Wildman–Crippen MR) is 170 cm³/mol. The molecule has 45 heavy (non-hydrogen) atoms. The first-order chi connectivity index (χ1) is 21.4. The van der Waals surface area contributed by atoms with Crippen molar-refractivity contribution in [1.29, 1.82) is 5.41 Å². The van der Waals surface area contributed by atoms with E-state index in [4.69, 9.17) is 21.6 Å². The normalized spacial score (nSPS) is 13.2. The highest BCUT2D eigenvalue weighted by Gasteiger charge is 2.31. The fraction of sp³-hybridized carbons (Fsp3) is 0.406. The molecule has 2 aromatic carbocycles. The second-order valence-corrected chi connectivity index (χ2v) is 11.2. The summed E-state index contributed by atoms with van der Waals surface area (Å²) in [6, 6.07) is 13.3. The standard InChI is InChI=1S/C32H41F3N8O2/c1-20(36)5-3-6-21-15-23(17-25(16-21)32(33,34)35)28-18-24-19-43(31(44)42-29(24)41-28)26-9-7-22(8-10-26)27(11-14-45-2)39-12-4-13-40-30(37)38/h7-10,15-20,27,39H,3-6,11-14,36H2,1-2H3,(H4,37,38,40)(H,41,42,44)/t20-,27-/m0/s1. The zero-order valence-electron chi connectivity index (χ0n) is 25.5. The third-order valence-corrected chi connectivity index (χ3v) is 7.51. The summed E-state index contributed by atoms with van der Waals surface area (Å²) in [4.78, 5) is 20.2. The molecule has 0 spiro atoms. The summed E-state index contributed by atoms with van der Waals surface area (Å²) in [5, 5.41) is 14.1.